The number of hydrogen-bond donors (Lipinski definition) is 2. The highest BCUT2D eigenvalue weighted by Crippen LogP contribution is 2.27. The lowest BCUT2D eigenvalue weighted by molar-refractivity contribution is 0.102. The van der Waals surface area contributed by atoms with E-state index in [0.29, 0.717) is 30.2 Å². The number of rotatable bonds is 9. The number of carbonyl (C=O) groups is 1. The van der Waals surface area contributed by atoms with Crippen LogP contribution in [0.5, 0.6) is 5.75 Å². The first kappa shape index (κ1) is 21.9. The van der Waals surface area contributed by atoms with Crippen LogP contribution in [0, 0.1) is 6.92 Å². The molecule has 0 atom stereocenters. The van der Waals surface area contributed by atoms with E-state index in [1.54, 1.807) is 18.9 Å². The fourth-order valence-electron chi connectivity index (χ4n) is 3.18. The number of ether oxygens (including phenoxy) is 2. The third kappa shape index (κ3) is 5.49. The van der Waals surface area contributed by atoms with Gasteiger partial charge in [0.25, 0.3) is 5.91 Å². The molecule has 1 amide bonds. The lowest BCUT2D eigenvalue weighted by Crippen LogP contribution is -2.14. The standard InChI is InChI=1S/C25H25N3O3S/c1-17-7-12-22(23(15-17)31-14-13-30-2)26-24(29)19-10-8-18(9-11-19)16-32-25-27-20-5-3-4-6-21(20)28-25/h3-12,15H,13-14,16H2,1-2H3,(H,26,29)(H,27,28). The number of thioether (sulfide) groups is 1. The summed E-state index contributed by atoms with van der Waals surface area (Å²) in [5, 5.41) is 3.83. The number of para-hydroxylation sites is 2. The minimum absolute atomic E-state index is 0.179. The third-order valence-corrected chi connectivity index (χ3v) is 5.83. The normalized spacial score (nSPS) is 10.9. The van der Waals surface area contributed by atoms with Crippen LogP contribution < -0.4 is 10.1 Å². The number of aromatic nitrogens is 2. The van der Waals surface area contributed by atoms with Crippen molar-refractivity contribution in [2.75, 3.05) is 25.6 Å². The molecule has 1 heterocycles. The van der Waals surface area contributed by atoms with Crippen LogP contribution >= 0.6 is 11.8 Å². The van der Waals surface area contributed by atoms with Gasteiger partial charge in [0.15, 0.2) is 5.16 Å². The Labute approximate surface area is 191 Å². The number of imidazole rings is 1. The number of nitrogens with one attached hydrogen (secondary N) is 2. The molecule has 3 aromatic carbocycles. The minimum atomic E-state index is -0.179. The van der Waals surface area contributed by atoms with Crippen molar-refractivity contribution in [1.82, 2.24) is 9.97 Å². The lowest BCUT2D eigenvalue weighted by atomic mass is 10.1. The molecule has 0 spiro atoms. The molecule has 0 fully saturated rings. The summed E-state index contributed by atoms with van der Waals surface area (Å²) in [7, 11) is 1.63. The highest BCUT2D eigenvalue weighted by atomic mass is 32.2. The van der Waals surface area contributed by atoms with Gasteiger partial charge in [0.2, 0.25) is 0 Å². The highest BCUT2D eigenvalue weighted by Gasteiger charge is 2.11. The van der Waals surface area contributed by atoms with Crippen molar-refractivity contribution < 1.29 is 14.3 Å². The second-order valence-corrected chi connectivity index (χ2v) is 8.30. The molecule has 0 aliphatic heterocycles. The second kappa shape index (κ2) is 10.3. The van der Waals surface area contributed by atoms with E-state index in [0.717, 1.165) is 33.1 Å². The van der Waals surface area contributed by atoms with E-state index in [1.807, 2.05) is 73.7 Å². The number of methoxy groups -OCH3 is 1. The van der Waals surface area contributed by atoms with Crippen LogP contribution in [-0.2, 0) is 10.5 Å². The molecule has 4 rings (SSSR count). The van der Waals surface area contributed by atoms with Gasteiger partial charge in [0.05, 0.1) is 23.3 Å². The summed E-state index contributed by atoms with van der Waals surface area (Å²) in [4.78, 5) is 20.7. The van der Waals surface area contributed by atoms with E-state index in [-0.39, 0.29) is 5.91 Å². The van der Waals surface area contributed by atoms with Gasteiger partial charge in [-0.15, -0.1) is 0 Å². The van der Waals surface area contributed by atoms with Crippen molar-refractivity contribution in [3.63, 3.8) is 0 Å². The Balaban J connectivity index is 1.38. The van der Waals surface area contributed by atoms with Gasteiger partial charge in [0.1, 0.15) is 12.4 Å². The molecule has 4 aromatic rings. The predicted molar refractivity (Wildman–Crippen MR) is 129 cm³/mol. The van der Waals surface area contributed by atoms with Gasteiger partial charge in [-0.05, 0) is 54.4 Å². The molecule has 0 bridgehead atoms. The maximum absolute atomic E-state index is 12.8. The SMILES string of the molecule is COCCOc1cc(C)ccc1NC(=O)c1ccc(CSc2nc3ccccc3[nH]2)cc1. The Bertz CT molecular complexity index is 1170. The number of amides is 1. The molecule has 1 aromatic heterocycles. The fourth-order valence-corrected chi connectivity index (χ4v) is 4.02. The van der Waals surface area contributed by atoms with Gasteiger partial charge in [0, 0.05) is 18.4 Å². The summed E-state index contributed by atoms with van der Waals surface area (Å²) >= 11 is 1.63. The Morgan fingerprint density at radius 1 is 1.06 bits per heavy atom. The largest absolute Gasteiger partial charge is 0.489 e. The molecule has 0 radical (unpaired) electrons. The molecule has 164 valence electrons. The number of benzene rings is 3. The summed E-state index contributed by atoms with van der Waals surface area (Å²) in [5.41, 5.74) is 5.40. The fraction of sp³-hybridized carbons (Fsp3) is 0.200. The van der Waals surface area contributed by atoms with Crippen LogP contribution in [0.3, 0.4) is 0 Å². The van der Waals surface area contributed by atoms with Crippen molar-refractivity contribution in [2.45, 2.75) is 17.8 Å². The summed E-state index contributed by atoms with van der Waals surface area (Å²) in [6, 6.07) is 21.3. The Morgan fingerprint density at radius 3 is 2.66 bits per heavy atom. The van der Waals surface area contributed by atoms with E-state index >= 15 is 0 Å². The van der Waals surface area contributed by atoms with E-state index in [4.69, 9.17) is 9.47 Å². The summed E-state index contributed by atoms with van der Waals surface area (Å²) < 4.78 is 10.8. The van der Waals surface area contributed by atoms with Crippen molar-refractivity contribution in [3.05, 3.63) is 83.4 Å². The second-order valence-electron chi connectivity index (χ2n) is 7.34. The van der Waals surface area contributed by atoms with Crippen LogP contribution in [-0.4, -0.2) is 36.2 Å². The van der Waals surface area contributed by atoms with E-state index < -0.39 is 0 Å². The summed E-state index contributed by atoms with van der Waals surface area (Å²) in [6.07, 6.45) is 0. The number of anilines is 1. The molecule has 0 saturated carbocycles. The van der Waals surface area contributed by atoms with Crippen LogP contribution in [0.25, 0.3) is 11.0 Å². The molecule has 0 unspecified atom stereocenters. The van der Waals surface area contributed by atoms with E-state index in [2.05, 4.69) is 15.3 Å². The molecule has 0 saturated heterocycles. The number of hydrogen-bond acceptors (Lipinski definition) is 5. The van der Waals surface area contributed by atoms with Crippen molar-refractivity contribution in [2.24, 2.45) is 0 Å². The summed E-state index contributed by atoms with van der Waals surface area (Å²) in [5.74, 6) is 1.22. The number of aryl methyl sites for hydroxylation is 1. The Hall–Kier alpha value is -3.29. The minimum Gasteiger partial charge on any atom is -0.489 e. The molecule has 7 heteroatoms. The topological polar surface area (TPSA) is 76.2 Å². The monoisotopic (exact) mass is 447 g/mol. The maximum atomic E-state index is 12.8. The molecule has 6 nitrogen and oxygen atoms in total. The molecule has 0 aliphatic carbocycles. The first-order valence-electron chi connectivity index (χ1n) is 10.3. The number of aromatic amines is 1. The number of fused-ring (bicyclic) bond motifs is 1. The average molecular weight is 448 g/mol. The van der Waals surface area contributed by atoms with E-state index in [1.165, 1.54) is 0 Å². The molecular formula is C25H25N3O3S. The van der Waals surface area contributed by atoms with Crippen molar-refractivity contribution in [3.8, 4) is 5.75 Å². The zero-order valence-corrected chi connectivity index (χ0v) is 18.9. The quantitative estimate of drug-likeness (QED) is 0.264. The van der Waals surface area contributed by atoms with Crippen LogP contribution in [0.15, 0.2) is 71.9 Å². The van der Waals surface area contributed by atoms with Crippen LogP contribution in [0.1, 0.15) is 21.5 Å². The smallest absolute Gasteiger partial charge is 0.255 e. The highest BCUT2D eigenvalue weighted by molar-refractivity contribution is 7.98. The zero-order chi connectivity index (χ0) is 22.3. The average Bonchev–Trinajstić information content (AvgIpc) is 3.23. The van der Waals surface area contributed by atoms with Gasteiger partial charge < -0.3 is 19.8 Å². The van der Waals surface area contributed by atoms with Gasteiger partial charge in [-0.25, -0.2) is 4.98 Å². The van der Waals surface area contributed by atoms with Crippen LogP contribution in [0.4, 0.5) is 5.69 Å². The maximum Gasteiger partial charge on any atom is 0.255 e. The van der Waals surface area contributed by atoms with Gasteiger partial charge in [-0.3, -0.25) is 4.79 Å². The van der Waals surface area contributed by atoms with Crippen molar-refractivity contribution >= 4 is 34.4 Å². The summed E-state index contributed by atoms with van der Waals surface area (Å²) in [6.45, 7) is 2.88. The first-order valence-corrected chi connectivity index (χ1v) is 11.3. The zero-order valence-electron chi connectivity index (χ0n) is 18.1. The van der Waals surface area contributed by atoms with E-state index in [9.17, 15) is 4.79 Å². The molecule has 32 heavy (non-hydrogen) atoms. The molecule has 2 N–H and O–H groups in total. The molecular weight excluding hydrogens is 422 g/mol. The molecule has 0 aliphatic rings. The van der Waals surface area contributed by atoms with Gasteiger partial charge in [-0.1, -0.05) is 42.1 Å². The number of H-pyrrole nitrogens is 1. The predicted octanol–water partition coefficient (Wildman–Crippen LogP) is 5.44. The Kier molecular flexibility index (Phi) is 7.09. The third-order valence-electron chi connectivity index (χ3n) is 4.89. The lowest BCUT2D eigenvalue weighted by Gasteiger charge is -2.13. The van der Waals surface area contributed by atoms with Crippen LogP contribution in [0.2, 0.25) is 0 Å². The van der Waals surface area contributed by atoms with Gasteiger partial charge >= 0.3 is 0 Å². The number of carbonyl (C=O) groups excluding carboxylic acids is 1. The van der Waals surface area contributed by atoms with Gasteiger partial charge in [-0.2, -0.15) is 0 Å². The van der Waals surface area contributed by atoms with Crippen molar-refractivity contribution in [1.29, 1.82) is 0 Å². The first-order chi connectivity index (χ1) is 15.6. The number of nitrogens with zero attached hydrogens (tertiary/aromatic N) is 1. The Morgan fingerprint density at radius 2 is 1.88 bits per heavy atom.